The molecule has 2 rings (SSSR count). The fraction of sp³-hybridized carbons (Fsp3) is 0.231. The summed E-state index contributed by atoms with van der Waals surface area (Å²) in [6.07, 6.45) is 4.81. The first-order valence-corrected chi connectivity index (χ1v) is 6.38. The van der Waals surface area contributed by atoms with E-state index in [1.54, 1.807) is 12.4 Å². The van der Waals surface area contributed by atoms with E-state index < -0.39 is 10.8 Å². The average Bonchev–Trinajstić information content (AvgIpc) is 2.96. The van der Waals surface area contributed by atoms with Crippen molar-refractivity contribution in [3.05, 3.63) is 52.1 Å². The van der Waals surface area contributed by atoms with Crippen molar-refractivity contribution in [2.24, 2.45) is 0 Å². The molecule has 0 atom stereocenters. The third kappa shape index (κ3) is 3.78. The van der Waals surface area contributed by atoms with Crippen LogP contribution in [-0.4, -0.2) is 27.3 Å². The molecule has 0 spiro atoms. The first-order valence-electron chi connectivity index (χ1n) is 6.38. The average molecular weight is 289 g/mol. The molecule has 1 heterocycles. The second-order valence-corrected chi connectivity index (χ2v) is 4.42. The van der Waals surface area contributed by atoms with Gasteiger partial charge in [0, 0.05) is 43.2 Å². The first-order chi connectivity index (χ1) is 10.1. The van der Waals surface area contributed by atoms with Crippen molar-refractivity contribution in [1.29, 1.82) is 0 Å². The number of hydrogen-bond donors (Lipinski definition) is 3. The van der Waals surface area contributed by atoms with E-state index >= 15 is 0 Å². The number of nitrogens with zero attached hydrogens (tertiary/aromatic N) is 2. The quantitative estimate of drug-likeness (QED) is 0.319. The van der Waals surface area contributed by atoms with Gasteiger partial charge in [-0.2, -0.15) is 0 Å². The summed E-state index contributed by atoms with van der Waals surface area (Å²) in [6, 6.07) is 3.80. The standard InChI is InChI=1S/C13H15N5O3/c14-11-4-3-9(18(20)21)8-10(11)13(19)17-5-1-2-12-15-6-7-16-12/h3-4,6-8H,1-2,5,14H2,(H,15,16)(H,17,19). The van der Waals surface area contributed by atoms with Gasteiger partial charge in [0.2, 0.25) is 0 Å². The Hall–Kier alpha value is -2.90. The lowest BCUT2D eigenvalue weighted by atomic mass is 10.1. The Morgan fingerprint density at radius 2 is 2.29 bits per heavy atom. The van der Waals surface area contributed by atoms with Gasteiger partial charge in [-0.3, -0.25) is 14.9 Å². The van der Waals surface area contributed by atoms with Crippen molar-refractivity contribution >= 4 is 17.3 Å². The number of nitrogen functional groups attached to an aromatic ring is 1. The van der Waals surface area contributed by atoms with Gasteiger partial charge in [-0.15, -0.1) is 0 Å². The zero-order chi connectivity index (χ0) is 15.2. The molecule has 0 aliphatic heterocycles. The minimum atomic E-state index is -0.562. The summed E-state index contributed by atoms with van der Waals surface area (Å²) in [6.45, 7) is 0.432. The second kappa shape index (κ2) is 6.51. The molecule has 1 amide bonds. The number of aromatic nitrogens is 2. The Kier molecular flexibility index (Phi) is 4.50. The normalized spacial score (nSPS) is 10.3. The van der Waals surface area contributed by atoms with Crippen LogP contribution >= 0.6 is 0 Å². The van der Waals surface area contributed by atoms with Crippen molar-refractivity contribution in [2.75, 3.05) is 12.3 Å². The molecule has 0 aliphatic rings. The first kappa shape index (κ1) is 14.5. The number of H-pyrrole nitrogens is 1. The highest BCUT2D eigenvalue weighted by atomic mass is 16.6. The largest absolute Gasteiger partial charge is 0.398 e. The zero-order valence-corrected chi connectivity index (χ0v) is 11.2. The van der Waals surface area contributed by atoms with Gasteiger partial charge in [0.25, 0.3) is 11.6 Å². The molecule has 0 saturated carbocycles. The summed E-state index contributed by atoms with van der Waals surface area (Å²) in [5, 5.41) is 13.4. The summed E-state index contributed by atoms with van der Waals surface area (Å²) in [5.41, 5.74) is 5.84. The van der Waals surface area contributed by atoms with Crippen molar-refractivity contribution in [3.8, 4) is 0 Å². The van der Waals surface area contributed by atoms with Gasteiger partial charge in [-0.1, -0.05) is 0 Å². The van der Waals surface area contributed by atoms with Crippen LogP contribution in [0.1, 0.15) is 22.6 Å². The third-order valence-corrected chi connectivity index (χ3v) is 2.92. The lowest BCUT2D eigenvalue weighted by Gasteiger charge is -2.07. The van der Waals surface area contributed by atoms with Gasteiger partial charge >= 0.3 is 0 Å². The number of nitrogens with one attached hydrogen (secondary N) is 2. The van der Waals surface area contributed by atoms with Gasteiger partial charge in [0.15, 0.2) is 0 Å². The summed E-state index contributed by atoms with van der Waals surface area (Å²) >= 11 is 0. The highest BCUT2D eigenvalue weighted by Gasteiger charge is 2.14. The number of carbonyl (C=O) groups is 1. The molecule has 8 heteroatoms. The number of aromatic amines is 1. The molecule has 8 nitrogen and oxygen atoms in total. The lowest BCUT2D eigenvalue weighted by Crippen LogP contribution is -2.25. The highest BCUT2D eigenvalue weighted by Crippen LogP contribution is 2.19. The molecule has 4 N–H and O–H groups in total. The predicted octanol–water partition coefficient (Wildman–Crippen LogP) is 1.26. The molecule has 1 aromatic carbocycles. The smallest absolute Gasteiger partial charge is 0.270 e. The van der Waals surface area contributed by atoms with Gasteiger partial charge in [-0.25, -0.2) is 4.98 Å². The second-order valence-electron chi connectivity index (χ2n) is 4.42. The molecular weight excluding hydrogens is 274 g/mol. The van der Waals surface area contributed by atoms with Crippen LogP contribution in [0.15, 0.2) is 30.6 Å². The number of anilines is 1. The third-order valence-electron chi connectivity index (χ3n) is 2.92. The van der Waals surface area contributed by atoms with E-state index in [2.05, 4.69) is 15.3 Å². The molecule has 2 aromatic rings. The summed E-state index contributed by atoms with van der Waals surface area (Å²) in [4.78, 5) is 29.1. The lowest BCUT2D eigenvalue weighted by molar-refractivity contribution is -0.384. The number of hydrogen-bond acceptors (Lipinski definition) is 5. The molecule has 0 saturated heterocycles. The number of nitrogens with two attached hydrogens (primary N) is 1. The van der Waals surface area contributed by atoms with Crippen molar-refractivity contribution in [1.82, 2.24) is 15.3 Å². The molecule has 0 radical (unpaired) electrons. The minimum absolute atomic E-state index is 0.113. The van der Waals surface area contributed by atoms with Gasteiger partial charge in [0.05, 0.1) is 10.5 Å². The maximum atomic E-state index is 12.0. The fourth-order valence-electron chi connectivity index (χ4n) is 1.84. The zero-order valence-electron chi connectivity index (χ0n) is 11.2. The summed E-state index contributed by atoms with van der Waals surface area (Å²) in [7, 11) is 0. The van der Waals surface area contributed by atoms with E-state index in [1.807, 2.05) is 0 Å². The van der Waals surface area contributed by atoms with E-state index in [0.717, 1.165) is 5.82 Å². The van der Waals surface area contributed by atoms with Crippen LogP contribution in [0.4, 0.5) is 11.4 Å². The molecule has 1 aromatic heterocycles. The molecule has 110 valence electrons. The Morgan fingerprint density at radius 3 is 2.95 bits per heavy atom. The van der Waals surface area contributed by atoms with Crippen molar-refractivity contribution in [3.63, 3.8) is 0 Å². The SMILES string of the molecule is Nc1ccc([N+](=O)[O-])cc1C(=O)NCCCc1ncc[nH]1. The Morgan fingerprint density at radius 1 is 1.48 bits per heavy atom. The molecule has 21 heavy (non-hydrogen) atoms. The molecular formula is C13H15N5O3. The topological polar surface area (TPSA) is 127 Å². The van der Waals surface area contributed by atoms with Gasteiger partial charge in [-0.05, 0) is 12.5 Å². The van der Waals surface area contributed by atoms with E-state index in [-0.39, 0.29) is 16.9 Å². The van der Waals surface area contributed by atoms with Crippen LogP contribution in [-0.2, 0) is 6.42 Å². The van der Waals surface area contributed by atoms with Crippen LogP contribution in [0.2, 0.25) is 0 Å². The molecule has 0 bridgehead atoms. The summed E-state index contributed by atoms with van der Waals surface area (Å²) < 4.78 is 0. The van der Waals surface area contributed by atoms with E-state index in [4.69, 9.17) is 5.73 Å². The van der Waals surface area contributed by atoms with Crippen LogP contribution in [0, 0.1) is 10.1 Å². The highest BCUT2D eigenvalue weighted by molar-refractivity contribution is 5.99. The van der Waals surface area contributed by atoms with Crippen molar-refractivity contribution < 1.29 is 9.72 Å². The van der Waals surface area contributed by atoms with Crippen LogP contribution in [0.25, 0.3) is 0 Å². The number of imidazole rings is 1. The predicted molar refractivity (Wildman–Crippen MR) is 76.8 cm³/mol. The number of amides is 1. The monoisotopic (exact) mass is 289 g/mol. The molecule has 0 unspecified atom stereocenters. The Labute approximate surface area is 120 Å². The number of carbonyl (C=O) groups excluding carboxylic acids is 1. The molecule has 0 aliphatic carbocycles. The number of nitro groups is 1. The van der Waals surface area contributed by atoms with Crippen molar-refractivity contribution in [2.45, 2.75) is 12.8 Å². The number of non-ortho nitro benzene ring substituents is 1. The maximum Gasteiger partial charge on any atom is 0.270 e. The molecule has 0 fully saturated rings. The van der Waals surface area contributed by atoms with Crippen LogP contribution in [0.3, 0.4) is 0 Å². The number of nitro benzene ring substituents is 1. The van der Waals surface area contributed by atoms with E-state index in [1.165, 1.54) is 18.2 Å². The van der Waals surface area contributed by atoms with Crippen LogP contribution in [0.5, 0.6) is 0 Å². The van der Waals surface area contributed by atoms with Gasteiger partial charge < -0.3 is 16.0 Å². The summed E-state index contributed by atoms with van der Waals surface area (Å²) in [5.74, 6) is 0.426. The Balaban J connectivity index is 1.90. The number of rotatable bonds is 6. The van der Waals surface area contributed by atoms with E-state index in [0.29, 0.717) is 19.4 Å². The van der Waals surface area contributed by atoms with E-state index in [9.17, 15) is 14.9 Å². The maximum absolute atomic E-state index is 12.0. The van der Waals surface area contributed by atoms with Crippen LogP contribution < -0.4 is 11.1 Å². The van der Waals surface area contributed by atoms with Gasteiger partial charge in [0.1, 0.15) is 5.82 Å². The number of aryl methyl sites for hydroxylation is 1. The minimum Gasteiger partial charge on any atom is -0.398 e. The Bertz CT molecular complexity index is 639. The fourth-order valence-corrected chi connectivity index (χ4v) is 1.84. The number of benzene rings is 1.